The van der Waals surface area contributed by atoms with Crippen molar-refractivity contribution in [3.63, 3.8) is 0 Å². The van der Waals surface area contributed by atoms with Gasteiger partial charge in [0.1, 0.15) is 13.2 Å². The second-order valence-electron chi connectivity index (χ2n) is 7.40. The molecule has 2 aromatic carbocycles. The minimum Gasteiger partial charge on any atom is -0.486 e. The summed E-state index contributed by atoms with van der Waals surface area (Å²) in [6.45, 7) is 4.06. The van der Waals surface area contributed by atoms with Gasteiger partial charge in [0.25, 0.3) is 0 Å². The molecular formula is C23H27NO3. The van der Waals surface area contributed by atoms with Crippen molar-refractivity contribution < 1.29 is 14.3 Å². The van der Waals surface area contributed by atoms with Gasteiger partial charge in [0.2, 0.25) is 5.91 Å². The number of carbonyl (C=O) groups is 1. The third kappa shape index (κ3) is 4.44. The fourth-order valence-electron chi connectivity index (χ4n) is 3.52. The number of carbonyl (C=O) groups excluding carboxylic acids is 1. The number of hydrogen-bond donors (Lipinski definition) is 0. The number of fused-ring (bicyclic) bond motifs is 1. The molecule has 0 spiro atoms. The minimum absolute atomic E-state index is 0.243. The second kappa shape index (κ2) is 8.03. The molecule has 2 aromatic rings. The van der Waals surface area contributed by atoms with E-state index in [1.165, 1.54) is 11.1 Å². The molecule has 0 radical (unpaired) electrons. The maximum absolute atomic E-state index is 12.9. The Bertz CT molecular complexity index is 796. The van der Waals surface area contributed by atoms with Gasteiger partial charge < -0.3 is 14.4 Å². The average molecular weight is 365 g/mol. The van der Waals surface area contributed by atoms with Gasteiger partial charge in [0, 0.05) is 19.0 Å². The first-order valence-corrected chi connectivity index (χ1v) is 9.98. The molecule has 4 rings (SSSR count). The van der Waals surface area contributed by atoms with Crippen LogP contribution >= 0.6 is 0 Å². The first kappa shape index (κ1) is 17.9. The van der Waals surface area contributed by atoms with Crippen LogP contribution in [-0.4, -0.2) is 30.1 Å². The predicted octanol–water partition coefficient (Wildman–Crippen LogP) is 4.14. The van der Waals surface area contributed by atoms with Crippen molar-refractivity contribution in [1.82, 2.24) is 4.90 Å². The van der Waals surface area contributed by atoms with Crippen molar-refractivity contribution in [2.45, 2.75) is 51.6 Å². The Morgan fingerprint density at radius 2 is 1.63 bits per heavy atom. The molecule has 0 atom stereocenters. The average Bonchev–Trinajstić information content (AvgIpc) is 3.55. The number of aryl methyl sites for hydroxylation is 2. The Kier molecular flexibility index (Phi) is 5.33. The highest BCUT2D eigenvalue weighted by Crippen LogP contribution is 2.32. The Labute approximate surface area is 161 Å². The van der Waals surface area contributed by atoms with Crippen LogP contribution in [0.15, 0.2) is 42.5 Å². The molecule has 0 aromatic heterocycles. The van der Waals surface area contributed by atoms with Gasteiger partial charge in [-0.3, -0.25) is 4.79 Å². The van der Waals surface area contributed by atoms with Crippen LogP contribution in [0.3, 0.4) is 0 Å². The number of nitrogens with zero attached hydrogens (tertiary/aromatic N) is 1. The molecule has 2 aliphatic rings. The lowest BCUT2D eigenvalue weighted by Gasteiger charge is -2.23. The van der Waals surface area contributed by atoms with Gasteiger partial charge in [0.15, 0.2) is 11.5 Å². The third-order valence-electron chi connectivity index (χ3n) is 5.33. The van der Waals surface area contributed by atoms with Crippen molar-refractivity contribution in [2.24, 2.45) is 0 Å². The molecule has 1 amide bonds. The molecule has 0 unspecified atom stereocenters. The molecule has 4 nitrogen and oxygen atoms in total. The van der Waals surface area contributed by atoms with E-state index in [-0.39, 0.29) is 5.91 Å². The zero-order valence-corrected chi connectivity index (χ0v) is 15.9. The maximum Gasteiger partial charge on any atom is 0.223 e. The second-order valence-corrected chi connectivity index (χ2v) is 7.40. The van der Waals surface area contributed by atoms with E-state index in [9.17, 15) is 4.79 Å². The van der Waals surface area contributed by atoms with Crippen molar-refractivity contribution in [2.75, 3.05) is 13.2 Å². The van der Waals surface area contributed by atoms with E-state index in [2.05, 4.69) is 36.1 Å². The van der Waals surface area contributed by atoms with E-state index in [1.807, 2.05) is 18.2 Å². The zero-order chi connectivity index (χ0) is 18.6. The summed E-state index contributed by atoms with van der Waals surface area (Å²) in [6.07, 6.45) is 4.56. The summed E-state index contributed by atoms with van der Waals surface area (Å²) in [7, 11) is 0. The minimum atomic E-state index is 0.243. The lowest BCUT2D eigenvalue weighted by atomic mass is 10.1. The summed E-state index contributed by atoms with van der Waals surface area (Å²) in [5, 5.41) is 0. The summed E-state index contributed by atoms with van der Waals surface area (Å²) in [6, 6.07) is 15.1. The summed E-state index contributed by atoms with van der Waals surface area (Å²) in [5.41, 5.74) is 3.67. The van der Waals surface area contributed by atoms with Gasteiger partial charge in [0.05, 0.1) is 0 Å². The maximum atomic E-state index is 12.9. The monoisotopic (exact) mass is 365 g/mol. The van der Waals surface area contributed by atoms with Crippen LogP contribution in [0.4, 0.5) is 0 Å². The zero-order valence-electron chi connectivity index (χ0n) is 15.9. The smallest absolute Gasteiger partial charge is 0.223 e. The SMILES string of the molecule is CCc1ccc(CN(C(=O)CCc2ccc3c(c2)OCCO3)C2CC2)cc1. The number of amides is 1. The molecule has 1 fully saturated rings. The third-order valence-corrected chi connectivity index (χ3v) is 5.33. The molecule has 0 saturated heterocycles. The van der Waals surface area contributed by atoms with Crippen LogP contribution in [0.5, 0.6) is 11.5 Å². The van der Waals surface area contributed by atoms with Crippen LogP contribution in [0.1, 0.15) is 42.9 Å². The largest absolute Gasteiger partial charge is 0.486 e. The van der Waals surface area contributed by atoms with E-state index < -0.39 is 0 Å². The Morgan fingerprint density at radius 1 is 0.963 bits per heavy atom. The lowest BCUT2D eigenvalue weighted by Crippen LogP contribution is -2.32. The molecule has 1 aliphatic carbocycles. The van der Waals surface area contributed by atoms with Crippen molar-refractivity contribution >= 4 is 5.91 Å². The van der Waals surface area contributed by atoms with Crippen LogP contribution < -0.4 is 9.47 Å². The number of rotatable bonds is 7. The van der Waals surface area contributed by atoms with E-state index in [1.54, 1.807) is 0 Å². The normalized spacial score (nSPS) is 15.4. The summed E-state index contributed by atoms with van der Waals surface area (Å²) < 4.78 is 11.2. The summed E-state index contributed by atoms with van der Waals surface area (Å²) >= 11 is 0. The van der Waals surface area contributed by atoms with Gasteiger partial charge in [-0.2, -0.15) is 0 Å². The fraction of sp³-hybridized carbons (Fsp3) is 0.435. The van der Waals surface area contributed by atoms with Gasteiger partial charge >= 0.3 is 0 Å². The summed E-state index contributed by atoms with van der Waals surface area (Å²) in [4.78, 5) is 15.0. The van der Waals surface area contributed by atoms with Crippen LogP contribution in [0.25, 0.3) is 0 Å². The van der Waals surface area contributed by atoms with Gasteiger partial charge in [-0.15, -0.1) is 0 Å². The topological polar surface area (TPSA) is 38.8 Å². The molecule has 1 heterocycles. The summed E-state index contributed by atoms with van der Waals surface area (Å²) in [5.74, 6) is 1.83. The van der Waals surface area contributed by atoms with Crippen LogP contribution in [0, 0.1) is 0 Å². The van der Waals surface area contributed by atoms with Crippen LogP contribution in [-0.2, 0) is 24.2 Å². The Morgan fingerprint density at radius 3 is 2.33 bits per heavy atom. The molecule has 1 aliphatic heterocycles. The molecule has 1 saturated carbocycles. The lowest BCUT2D eigenvalue weighted by molar-refractivity contribution is -0.132. The fourth-order valence-corrected chi connectivity index (χ4v) is 3.52. The molecule has 0 bridgehead atoms. The van der Waals surface area contributed by atoms with Gasteiger partial charge in [-0.1, -0.05) is 37.3 Å². The number of benzene rings is 2. The van der Waals surface area contributed by atoms with Crippen molar-refractivity contribution in [3.05, 3.63) is 59.2 Å². The van der Waals surface area contributed by atoms with E-state index in [0.29, 0.717) is 32.2 Å². The number of ether oxygens (including phenoxy) is 2. The Balaban J connectivity index is 1.37. The molecule has 0 N–H and O–H groups in total. The van der Waals surface area contributed by atoms with E-state index in [0.717, 1.165) is 42.7 Å². The van der Waals surface area contributed by atoms with E-state index in [4.69, 9.17) is 9.47 Å². The predicted molar refractivity (Wildman–Crippen MR) is 105 cm³/mol. The molecule has 4 heteroatoms. The van der Waals surface area contributed by atoms with Crippen molar-refractivity contribution in [3.8, 4) is 11.5 Å². The highest BCUT2D eigenvalue weighted by molar-refractivity contribution is 5.77. The first-order chi connectivity index (χ1) is 13.2. The Hall–Kier alpha value is -2.49. The molecule has 142 valence electrons. The van der Waals surface area contributed by atoms with Crippen molar-refractivity contribution in [1.29, 1.82) is 0 Å². The quantitative estimate of drug-likeness (QED) is 0.740. The van der Waals surface area contributed by atoms with Crippen LogP contribution in [0.2, 0.25) is 0 Å². The highest BCUT2D eigenvalue weighted by atomic mass is 16.6. The number of hydrogen-bond acceptors (Lipinski definition) is 3. The highest BCUT2D eigenvalue weighted by Gasteiger charge is 2.32. The van der Waals surface area contributed by atoms with Gasteiger partial charge in [-0.25, -0.2) is 0 Å². The first-order valence-electron chi connectivity index (χ1n) is 9.98. The van der Waals surface area contributed by atoms with Gasteiger partial charge in [-0.05, 0) is 54.5 Å². The molecular weight excluding hydrogens is 338 g/mol. The molecule has 27 heavy (non-hydrogen) atoms. The standard InChI is InChI=1S/C23H27NO3/c1-2-17-3-5-19(6-4-17)16-24(20-9-10-20)23(25)12-8-18-7-11-21-22(15-18)27-14-13-26-21/h3-7,11,15,20H,2,8-10,12-14,16H2,1H3. The van der Waals surface area contributed by atoms with E-state index >= 15 is 0 Å².